The molecule has 2 aromatic carbocycles. The van der Waals surface area contributed by atoms with Crippen LogP contribution in [0.5, 0.6) is 0 Å². The topological polar surface area (TPSA) is 98.3 Å². The standard InChI is InChI=1S/C14H12BrN3O3/c15-10-3-6-12(13(8-10)18(20)21)17-14(19)7-9-1-4-11(16)5-2-9/h1-6,8H,7,16H2,(H,17,19). The molecule has 0 unspecified atom stereocenters. The van der Waals surface area contributed by atoms with Crippen LogP contribution >= 0.6 is 15.9 Å². The van der Waals surface area contributed by atoms with E-state index in [9.17, 15) is 14.9 Å². The number of hydrogen-bond acceptors (Lipinski definition) is 4. The first-order valence-electron chi connectivity index (χ1n) is 6.04. The van der Waals surface area contributed by atoms with Gasteiger partial charge in [-0.05, 0) is 29.8 Å². The lowest BCUT2D eigenvalue weighted by Gasteiger charge is -2.06. The van der Waals surface area contributed by atoms with Crippen LogP contribution in [0.4, 0.5) is 17.1 Å². The number of carbonyl (C=O) groups excluding carboxylic acids is 1. The Morgan fingerprint density at radius 1 is 1.24 bits per heavy atom. The first-order chi connectivity index (χ1) is 9.95. The second kappa shape index (κ2) is 6.36. The number of nitro benzene ring substituents is 1. The Hall–Kier alpha value is -2.41. The first-order valence-corrected chi connectivity index (χ1v) is 6.83. The van der Waals surface area contributed by atoms with Crippen molar-refractivity contribution in [1.82, 2.24) is 0 Å². The summed E-state index contributed by atoms with van der Waals surface area (Å²) < 4.78 is 0.575. The summed E-state index contributed by atoms with van der Waals surface area (Å²) in [5.41, 5.74) is 6.97. The summed E-state index contributed by atoms with van der Waals surface area (Å²) in [7, 11) is 0. The zero-order valence-electron chi connectivity index (χ0n) is 10.9. The van der Waals surface area contributed by atoms with E-state index in [-0.39, 0.29) is 23.7 Å². The Bertz CT molecular complexity index is 686. The van der Waals surface area contributed by atoms with Crippen LogP contribution < -0.4 is 11.1 Å². The summed E-state index contributed by atoms with van der Waals surface area (Å²) in [6.45, 7) is 0. The molecule has 0 aliphatic carbocycles. The van der Waals surface area contributed by atoms with Crippen LogP contribution in [0.15, 0.2) is 46.9 Å². The lowest BCUT2D eigenvalue weighted by molar-refractivity contribution is -0.384. The van der Waals surface area contributed by atoms with Crippen LogP contribution in [0.2, 0.25) is 0 Å². The SMILES string of the molecule is Nc1ccc(CC(=O)Nc2ccc(Br)cc2[N+](=O)[O-])cc1. The molecule has 3 N–H and O–H groups in total. The van der Waals surface area contributed by atoms with Crippen molar-refractivity contribution in [2.75, 3.05) is 11.1 Å². The number of nitrogens with one attached hydrogen (secondary N) is 1. The molecule has 21 heavy (non-hydrogen) atoms. The number of anilines is 2. The number of nitrogens with two attached hydrogens (primary N) is 1. The van der Waals surface area contributed by atoms with Crippen LogP contribution in [0.25, 0.3) is 0 Å². The van der Waals surface area contributed by atoms with Gasteiger partial charge in [0.1, 0.15) is 5.69 Å². The molecule has 0 spiro atoms. The van der Waals surface area contributed by atoms with Gasteiger partial charge >= 0.3 is 0 Å². The fraction of sp³-hybridized carbons (Fsp3) is 0.0714. The van der Waals surface area contributed by atoms with Gasteiger partial charge in [-0.15, -0.1) is 0 Å². The molecule has 0 aliphatic heterocycles. The zero-order chi connectivity index (χ0) is 15.4. The number of rotatable bonds is 4. The van der Waals surface area contributed by atoms with E-state index in [1.165, 1.54) is 12.1 Å². The molecule has 0 heterocycles. The second-order valence-corrected chi connectivity index (χ2v) is 5.30. The molecule has 6 nitrogen and oxygen atoms in total. The molecule has 7 heteroatoms. The third-order valence-corrected chi connectivity index (χ3v) is 3.27. The molecule has 0 aliphatic rings. The fourth-order valence-electron chi connectivity index (χ4n) is 1.78. The fourth-order valence-corrected chi connectivity index (χ4v) is 2.13. The van der Waals surface area contributed by atoms with Gasteiger partial charge in [0.25, 0.3) is 5.69 Å². The Kier molecular flexibility index (Phi) is 4.54. The second-order valence-electron chi connectivity index (χ2n) is 4.39. The van der Waals surface area contributed by atoms with Gasteiger partial charge in [0.2, 0.25) is 5.91 Å². The monoisotopic (exact) mass is 349 g/mol. The van der Waals surface area contributed by atoms with Gasteiger partial charge < -0.3 is 11.1 Å². The van der Waals surface area contributed by atoms with E-state index in [2.05, 4.69) is 21.2 Å². The molecule has 0 fully saturated rings. The van der Waals surface area contributed by atoms with Gasteiger partial charge in [0, 0.05) is 16.2 Å². The van der Waals surface area contributed by atoms with Gasteiger partial charge in [-0.2, -0.15) is 0 Å². The highest BCUT2D eigenvalue weighted by Gasteiger charge is 2.16. The summed E-state index contributed by atoms with van der Waals surface area (Å²) in [6.07, 6.45) is 0.119. The minimum Gasteiger partial charge on any atom is -0.399 e. The number of halogens is 1. The van der Waals surface area contributed by atoms with E-state index in [4.69, 9.17) is 5.73 Å². The maximum Gasteiger partial charge on any atom is 0.293 e. The molecule has 0 saturated carbocycles. The smallest absolute Gasteiger partial charge is 0.293 e. The highest BCUT2D eigenvalue weighted by molar-refractivity contribution is 9.10. The predicted molar refractivity (Wildman–Crippen MR) is 84.0 cm³/mol. The number of nitrogen functional groups attached to an aromatic ring is 1. The van der Waals surface area contributed by atoms with Crippen molar-refractivity contribution >= 4 is 38.9 Å². The van der Waals surface area contributed by atoms with Crippen LogP contribution in [-0.2, 0) is 11.2 Å². The van der Waals surface area contributed by atoms with Crippen molar-refractivity contribution in [2.45, 2.75) is 6.42 Å². The predicted octanol–water partition coefficient (Wildman–Crippen LogP) is 3.12. The summed E-state index contributed by atoms with van der Waals surface area (Å²) in [5.74, 6) is -0.329. The normalized spacial score (nSPS) is 10.1. The van der Waals surface area contributed by atoms with Crippen LogP contribution in [0.3, 0.4) is 0 Å². The van der Waals surface area contributed by atoms with Crippen molar-refractivity contribution in [2.24, 2.45) is 0 Å². The number of hydrogen-bond donors (Lipinski definition) is 2. The quantitative estimate of drug-likeness (QED) is 0.503. The number of carbonyl (C=O) groups is 1. The van der Waals surface area contributed by atoms with Gasteiger partial charge in [0.05, 0.1) is 11.3 Å². The largest absolute Gasteiger partial charge is 0.399 e. The van der Waals surface area contributed by atoms with E-state index < -0.39 is 4.92 Å². The number of nitrogens with zero attached hydrogens (tertiary/aromatic N) is 1. The summed E-state index contributed by atoms with van der Waals surface area (Å²) >= 11 is 3.16. The van der Waals surface area contributed by atoms with Crippen LogP contribution in [0, 0.1) is 10.1 Å². The molecule has 0 bridgehead atoms. The zero-order valence-corrected chi connectivity index (χ0v) is 12.5. The van der Waals surface area contributed by atoms with Gasteiger partial charge in [-0.25, -0.2) is 0 Å². The maximum absolute atomic E-state index is 11.9. The van der Waals surface area contributed by atoms with Gasteiger partial charge in [0.15, 0.2) is 0 Å². The molecule has 0 radical (unpaired) electrons. The summed E-state index contributed by atoms with van der Waals surface area (Å²) in [4.78, 5) is 22.4. The molecule has 2 rings (SSSR count). The van der Waals surface area contributed by atoms with Crippen molar-refractivity contribution in [1.29, 1.82) is 0 Å². The molecular weight excluding hydrogens is 338 g/mol. The van der Waals surface area contributed by atoms with Crippen molar-refractivity contribution in [3.63, 3.8) is 0 Å². The molecular formula is C14H12BrN3O3. The number of benzene rings is 2. The molecule has 0 saturated heterocycles. The lowest BCUT2D eigenvalue weighted by Crippen LogP contribution is -2.15. The van der Waals surface area contributed by atoms with Crippen LogP contribution in [-0.4, -0.2) is 10.8 Å². The molecule has 1 amide bonds. The third kappa shape index (κ3) is 4.03. The maximum atomic E-state index is 11.9. The molecule has 0 atom stereocenters. The van der Waals surface area contributed by atoms with Gasteiger partial charge in [-0.3, -0.25) is 14.9 Å². The van der Waals surface area contributed by atoms with Crippen molar-refractivity contribution < 1.29 is 9.72 Å². The average Bonchev–Trinajstić information content (AvgIpc) is 2.43. The van der Waals surface area contributed by atoms with Gasteiger partial charge in [-0.1, -0.05) is 28.1 Å². The van der Waals surface area contributed by atoms with Crippen molar-refractivity contribution in [3.8, 4) is 0 Å². The lowest BCUT2D eigenvalue weighted by atomic mass is 10.1. The molecule has 108 valence electrons. The van der Waals surface area contributed by atoms with E-state index in [0.717, 1.165) is 5.56 Å². The molecule has 0 aromatic heterocycles. The highest BCUT2D eigenvalue weighted by Crippen LogP contribution is 2.28. The Labute approximate surface area is 129 Å². The number of amides is 1. The van der Waals surface area contributed by atoms with Crippen molar-refractivity contribution in [3.05, 3.63) is 62.6 Å². The van der Waals surface area contributed by atoms with E-state index >= 15 is 0 Å². The van der Waals surface area contributed by atoms with E-state index in [0.29, 0.717) is 10.2 Å². The minimum atomic E-state index is -0.538. The Morgan fingerprint density at radius 3 is 2.52 bits per heavy atom. The Morgan fingerprint density at radius 2 is 1.90 bits per heavy atom. The average molecular weight is 350 g/mol. The highest BCUT2D eigenvalue weighted by atomic mass is 79.9. The van der Waals surface area contributed by atoms with E-state index in [1.54, 1.807) is 30.3 Å². The molecule has 2 aromatic rings. The Balaban J connectivity index is 2.12. The minimum absolute atomic E-state index is 0.119. The van der Waals surface area contributed by atoms with E-state index in [1.807, 2.05) is 0 Å². The first kappa shape index (κ1) is 15.0. The summed E-state index contributed by atoms with van der Waals surface area (Å²) in [5, 5.41) is 13.5. The number of nitro groups is 1. The third-order valence-electron chi connectivity index (χ3n) is 2.77. The van der Waals surface area contributed by atoms with Crippen LogP contribution in [0.1, 0.15) is 5.56 Å². The summed E-state index contributed by atoms with van der Waals surface area (Å²) in [6, 6.07) is 11.3.